The van der Waals surface area contributed by atoms with Crippen LogP contribution in [-0.4, -0.2) is 44.0 Å². The van der Waals surface area contributed by atoms with Crippen molar-refractivity contribution in [2.45, 2.75) is 44.9 Å². The Bertz CT molecular complexity index is 641. The Balaban J connectivity index is 1.58. The number of carbonyl (C=O) groups is 1. The lowest BCUT2D eigenvalue weighted by Gasteiger charge is -2.25. The lowest BCUT2D eigenvalue weighted by atomic mass is 10.1. The highest BCUT2D eigenvalue weighted by atomic mass is 32.2. The third-order valence-corrected chi connectivity index (χ3v) is 6.37. The molecule has 1 aromatic rings. The van der Waals surface area contributed by atoms with Crippen molar-refractivity contribution < 1.29 is 17.6 Å². The fourth-order valence-corrected chi connectivity index (χ4v) is 4.57. The number of piperidine rings is 1. The Morgan fingerprint density at radius 3 is 2.44 bits per heavy atom. The van der Waals surface area contributed by atoms with Crippen LogP contribution in [0.15, 0.2) is 24.3 Å². The molecule has 0 aromatic heterocycles. The molecule has 0 spiro atoms. The van der Waals surface area contributed by atoms with Gasteiger partial charge in [0, 0.05) is 26.1 Å². The van der Waals surface area contributed by atoms with Crippen molar-refractivity contribution in [3.8, 4) is 0 Å². The topological polar surface area (TPSA) is 66.5 Å². The molecule has 0 saturated carbocycles. The Labute approximate surface area is 149 Å². The normalized spacial score (nSPS) is 15.9. The number of halogens is 1. The van der Waals surface area contributed by atoms with E-state index in [-0.39, 0.29) is 17.5 Å². The van der Waals surface area contributed by atoms with Gasteiger partial charge in [0.25, 0.3) is 0 Å². The van der Waals surface area contributed by atoms with Crippen molar-refractivity contribution in [1.29, 1.82) is 0 Å². The van der Waals surface area contributed by atoms with Gasteiger partial charge in [-0.25, -0.2) is 17.1 Å². The zero-order chi connectivity index (χ0) is 18.1. The molecule has 1 aliphatic heterocycles. The van der Waals surface area contributed by atoms with E-state index in [0.717, 1.165) is 24.8 Å². The third-order valence-electron chi connectivity index (χ3n) is 4.41. The number of benzene rings is 1. The van der Waals surface area contributed by atoms with E-state index in [2.05, 4.69) is 5.32 Å². The van der Waals surface area contributed by atoms with Gasteiger partial charge < -0.3 is 5.32 Å². The lowest BCUT2D eigenvalue weighted by Crippen LogP contribution is -2.37. The number of hydrogen-bond acceptors (Lipinski definition) is 3. The minimum Gasteiger partial charge on any atom is -0.356 e. The first-order chi connectivity index (χ1) is 12.0. The van der Waals surface area contributed by atoms with Crippen LogP contribution >= 0.6 is 0 Å². The summed E-state index contributed by atoms with van der Waals surface area (Å²) in [5.74, 6) is -0.222. The van der Waals surface area contributed by atoms with Crippen molar-refractivity contribution >= 4 is 15.9 Å². The first-order valence-corrected chi connectivity index (χ1v) is 10.6. The van der Waals surface area contributed by atoms with E-state index < -0.39 is 10.0 Å². The SMILES string of the molecule is O=C(CCCCS(=O)(=O)N1CCCCC1)NCCc1ccc(F)cc1. The van der Waals surface area contributed by atoms with E-state index in [9.17, 15) is 17.6 Å². The van der Waals surface area contributed by atoms with E-state index >= 15 is 0 Å². The molecule has 1 saturated heterocycles. The van der Waals surface area contributed by atoms with E-state index in [1.165, 1.54) is 12.1 Å². The molecule has 140 valence electrons. The fourth-order valence-electron chi connectivity index (χ4n) is 2.93. The molecule has 0 unspecified atom stereocenters. The van der Waals surface area contributed by atoms with Crippen LogP contribution in [0.1, 0.15) is 44.1 Å². The van der Waals surface area contributed by atoms with Crippen LogP contribution in [0.3, 0.4) is 0 Å². The van der Waals surface area contributed by atoms with Crippen molar-refractivity contribution in [2.24, 2.45) is 0 Å². The van der Waals surface area contributed by atoms with Gasteiger partial charge in [-0.15, -0.1) is 0 Å². The number of amides is 1. The number of rotatable bonds is 9. The number of nitrogens with zero attached hydrogens (tertiary/aromatic N) is 1. The summed E-state index contributed by atoms with van der Waals surface area (Å²) < 4.78 is 38.7. The Hall–Kier alpha value is -1.47. The second kappa shape index (κ2) is 9.87. The Kier molecular flexibility index (Phi) is 7.84. The predicted molar refractivity (Wildman–Crippen MR) is 96.2 cm³/mol. The maximum absolute atomic E-state index is 12.8. The van der Waals surface area contributed by atoms with Gasteiger partial charge >= 0.3 is 0 Å². The van der Waals surface area contributed by atoms with Gasteiger partial charge in [0.1, 0.15) is 5.82 Å². The average molecular weight is 370 g/mol. The molecule has 5 nitrogen and oxygen atoms in total. The first kappa shape index (κ1) is 19.8. The quantitative estimate of drug-likeness (QED) is 0.679. The van der Waals surface area contributed by atoms with Gasteiger partial charge in [0.15, 0.2) is 0 Å². The van der Waals surface area contributed by atoms with Crippen molar-refractivity contribution in [2.75, 3.05) is 25.4 Å². The van der Waals surface area contributed by atoms with Crippen LogP contribution in [0.5, 0.6) is 0 Å². The van der Waals surface area contributed by atoms with Gasteiger partial charge in [-0.1, -0.05) is 18.6 Å². The molecule has 0 bridgehead atoms. The van der Waals surface area contributed by atoms with E-state index in [0.29, 0.717) is 45.3 Å². The highest BCUT2D eigenvalue weighted by molar-refractivity contribution is 7.89. The molecule has 1 heterocycles. The number of nitrogens with one attached hydrogen (secondary N) is 1. The lowest BCUT2D eigenvalue weighted by molar-refractivity contribution is -0.121. The van der Waals surface area contributed by atoms with Crippen molar-refractivity contribution in [3.05, 3.63) is 35.6 Å². The second-order valence-corrected chi connectivity index (χ2v) is 8.55. The van der Waals surface area contributed by atoms with Crippen LogP contribution in [0.2, 0.25) is 0 Å². The average Bonchev–Trinajstić information content (AvgIpc) is 2.61. The van der Waals surface area contributed by atoms with Gasteiger partial charge in [-0.3, -0.25) is 4.79 Å². The highest BCUT2D eigenvalue weighted by Gasteiger charge is 2.23. The van der Waals surface area contributed by atoms with Crippen LogP contribution in [-0.2, 0) is 21.2 Å². The molecular weight excluding hydrogens is 343 g/mol. The summed E-state index contributed by atoms with van der Waals surface area (Å²) in [6, 6.07) is 6.21. The van der Waals surface area contributed by atoms with Crippen LogP contribution in [0, 0.1) is 5.82 Å². The maximum atomic E-state index is 12.8. The molecule has 7 heteroatoms. The smallest absolute Gasteiger partial charge is 0.220 e. The summed E-state index contributed by atoms with van der Waals surface area (Å²) in [5.41, 5.74) is 0.967. The summed E-state index contributed by atoms with van der Waals surface area (Å²) in [6.45, 7) is 1.76. The number of sulfonamides is 1. The molecule has 1 aliphatic rings. The van der Waals surface area contributed by atoms with E-state index in [1.807, 2.05) is 0 Å². The predicted octanol–water partition coefficient (Wildman–Crippen LogP) is 2.47. The standard InChI is InChI=1S/C18H27FN2O3S/c19-17-9-7-16(8-10-17)11-12-20-18(22)6-2-5-15-25(23,24)21-13-3-1-4-14-21/h7-10H,1-6,11-15H2,(H,20,22). The molecule has 1 amide bonds. The Morgan fingerprint density at radius 2 is 1.76 bits per heavy atom. The summed E-state index contributed by atoms with van der Waals surface area (Å²) in [7, 11) is -3.17. The zero-order valence-electron chi connectivity index (χ0n) is 14.5. The third kappa shape index (κ3) is 7.12. The maximum Gasteiger partial charge on any atom is 0.220 e. The molecule has 1 fully saturated rings. The van der Waals surface area contributed by atoms with Crippen LogP contribution in [0.25, 0.3) is 0 Å². The molecule has 25 heavy (non-hydrogen) atoms. The largest absolute Gasteiger partial charge is 0.356 e. The molecule has 0 aliphatic carbocycles. The number of hydrogen-bond donors (Lipinski definition) is 1. The molecule has 1 aromatic carbocycles. The van der Waals surface area contributed by atoms with Crippen molar-refractivity contribution in [3.63, 3.8) is 0 Å². The van der Waals surface area contributed by atoms with Crippen LogP contribution < -0.4 is 5.32 Å². The zero-order valence-corrected chi connectivity index (χ0v) is 15.4. The Morgan fingerprint density at radius 1 is 1.08 bits per heavy atom. The summed E-state index contributed by atoms with van der Waals surface area (Å²) in [5, 5.41) is 2.81. The van der Waals surface area contributed by atoms with Crippen LogP contribution in [0.4, 0.5) is 4.39 Å². The molecule has 1 N–H and O–H groups in total. The first-order valence-electron chi connectivity index (χ1n) is 8.96. The molecule has 2 rings (SSSR count). The summed E-state index contributed by atoms with van der Waals surface area (Å²) in [6.07, 6.45) is 5.03. The van der Waals surface area contributed by atoms with Gasteiger partial charge in [0.2, 0.25) is 15.9 Å². The molecular formula is C18H27FN2O3S. The molecule has 0 atom stereocenters. The monoisotopic (exact) mass is 370 g/mol. The summed E-state index contributed by atoms with van der Waals surface area (Å²) in [4.78, 5) is 11.8. The van der Waals surface area contributed by atoms with E-state index in [4.69, 9.17) is 0 Å². The number of carbonyl (C=O) groups excluding carboxylic acids is 1. The van der Waals surface area contributed by atoms with Gasteiger partial charge in [0.05, 0.1) is 5.75 Å². The number of unbranched alkanes of at least 4 members (excludes halogenated alkanes) is 1. The van der Waals surface area contributed by atoms with E-state index in [1.54, 1.807) is 16.4 Å². The van der Waals surface area contributed by atoms with Gasteiger partial charge in [-0.2, -0.15) is 0 Å². The minimum absolute atomic E-state index is 0.0718. The second-order valence-electron chi connectivity index (χ2n) is 6.46. The van der Waals surface area contributed by atoms with Gasteiger partial charge in [-0.05, 0) is 49.8 Å². The summed E-state index contributed by atoms with van der Waals surface area (Å²) >= 11 is 0. The molecule has 0 radical (unpaired) electrons. The minimum atomic E-state index is -3.17. The fraction of sp³-hybridized carbons (Fsp3) is 0.611. The van der Waals surface area contributed by atoms with Crippen molar-refractivity contribution in [1.82, 2.24) is 9.62 Å². The highest BCUT2D eigenvalue weighted by Crippen LogP contribution is 2.14.